The van der Waals surface area contributed by atoms with Crippen molar-refractivity contribution in [3.8, 4) is 0 Å². The normalized spacial score (nSPS) is 20.9. The van der Waals surface area contributed by atoms with Crippen LogP contribution in [0.1, 0.15) is 26.7 Å². The number of Topliss-reactive ketones (excluding diaryl/α,β-unsaturated/α-hetero) is 1. The summed E-state index contributed by atoms with van der Waals surface area (Å²) in [5, 5.41) is 0. The molecule has 0 spiro atoms. The van der Waals surface area contributed by atoms with Crippen molar-refractivity contribution in [2.75, 3.05) is 6.54 Å². The number of pyridine rings is 1. The number of aromatic nitrogens is 1. The molecular weight excluding hydrogens is 252 g/mol. The molecule has 0 unspecified atom stereocenters. The summed E-state index contributed by atoms with van der Waals surface area (Å²) in [6.45, 7) is 3.79. The molecule has 1 aromatic rings. The molecule has 1 aliphatic heterocycles. The van der Waals surface area contributed by atoms with Crippen LogP contribution in [0.25, 0.3) is 0 Å². The molecular formula is C12H16N2O3S. The summed E-state index contributed by atoms with van der Waals surface area (Å²) in [4.78, 5) is 15.5. The van der Waals surface area contributed by atoms with E-state index >= 15 is 0 Å². The molecule has 5 nitrogen and oxygen atoms in total. The van der Waals surface area contributed by atoms with Crippen molar-refractivity contribution < 1.29 is 13.2 Å². The number of carbonyl (C=O) groups excluding carboxylic acids is 1. The number of piperidine rings is 1. The lowest BCUT2D eigenvalue weighted by Crippen LogP contribution is -2.52. The number of sulfonamides is 1. The Kier molecular flexibility index (Phi) is 3.25. The Labute approximate surface area is 107 Å². The van der Waals surface area contributed by atoms with Crippen molar-refractivity contribution >= 4 is 15.8 Å². The van der Waals surface area contributed by atoms with Crippen molar-refractivity contribution in [2.45, 2.75) is 37.1 Å². The highest BCUT2D eigenvalue weighted by molar-refractivity contribution is 7.89. The third-order valence-electron chi connectivity index (χ3n) is 3.12. The molecule has 6 heteroatoms. The van der Waals surface area contributed by atoms with Crippen LogP contribution in [-0.2, 0) is 14.8 Å². The molecule has 1 aromatic heterocycles. The standard InChI is InChI=1S/C12H16N2O3S/c1-12(2)8-10(15)5-7-14(12)18(16,17)11-4-3-6-13-9-11/h3-4,6,9H,5,7-8H2,1-2H3. The smallest absolute Gasteiger partial charge is 0.245 e. The largest absolute Gasteiger partial charge is 0.300 e. The van der Waals surface area contributed by atoms with Gasteiger partial charge in [-0.1, -0.05) is 0 Å². The number of hydrogen-bond donors (Lipinski definition) is 0. The van der Waals surface area contributed by atoms with E-state index in [-0.39, 0.29) is 30.1 Å². The Hall–Kier alpha value is -1.27. The van der Waals surface area contributed by atoms with Gasteiger partial charge in [-0.25, -0.2) is 8.42 Å². The molecule has 2 rings (SSSR count). The van der Waals surface area contributed by atoms with Crippen LogP contribution in [0, 0.1) is 0 Å². The minimum absolute atomic E-state index is 0.109. The Morgan fingerprint density at radius 3 is 2.67 bits per heavy atom. The summed E-state index contributed by atoms with van der Waals surface area (Å²) in [5.74, 6) is 0.109. The molecule has 1 fully saturated rings. The van der Waals surface area contributed by atoms with Gasteiger partial charge in [-0.15, -0.1) is 0 Å². The molecule has 0 bridgehead atoms. The molecule has 1 saturated heterocycles. The minimum Gasteiger partial charge on any atom is -0.300 e. The maximum atomic E-state index is 12.5. The van der Waals surface area contributed by atoms with Gasteiger partial charge in [0.1, 0.15) is 10.7 Å². The van der Waals surface area contributed by atoms with Crippen molar-refractivity contribution in [2.24, 2.45) is 0 Å². The molecule has 98 valence electrons. The maximum Gasteiger partial charge on any atom is 0.245 e. The summed E-state index contributed by atoms with van der Waals surface area (Å²) < 4.78 is 26.4. The lowest BCUT2D eigenvalue weighted by Gasteiger charge is -2.40. The Bertz CT molecular complexity index is 552. The second-order valence-electron chi connectivity index (χ2n) is 5.04. The van der Waals surface area contributed by atoms with E-state index in [0.717, 1.165) is 0 Å². The van der Waals surface area contributed by atoms with Crippen LogP contribution in [0.15, 0.2) is 29.4 Å². The number of ketones is 1. The fourth-order valence-corrected chi connectivity index (χ4v) is 4.01. The first-order chi connectivity index (χ1) is 8.34. The lowest BCUT2D eigenvalue weighted by atomic mass is 9.92. The Morgan fingerprint density at radius 1 is 1.39 bits per heavy atom. The summed E-state index contributed by atoms with van der Waals surface area (Å²) in [7, 11) is -3.57. The van der Waals surface area contributed by atoms with Crippen LogP contribution in [0.3, 0.4) is 0 Å². The van der Waals surface area contributed by atoms with E-state index in [4.69, 9.17) is 0 Å². The fourth-order valence-electron chi connectivity index (χ4n) is 2.26. The highest BCUT2D eigenvalue weighted by Gasteiger charge is 2.41. The van der Waals surface area contributed by atoms with Crippen LogP contribution in [-0.4, -0.2) is 35.6 Å². The molecule has 1 aliphatic rings. The molecule has 0 radical (unpaired) electrons. The van der Waals surface area contributed by atoms with Crippen LogP contribution in [0.2, 0.25) is 0 Å². The van der Waals surface area contributed by atoms with Gasteiger partial charge in [0.2, 0.25) is 10.0 Å². The highest BCUT2D eigenvalue weighted by atomic mass is 32.2. The molecule has 0 saturated carbocycles. The molecule has 18 heavy (non-hydrogen) atoms. The zero-order valence-corrected chi connectivity index (χ0v) is 11.3. The average molecular weight is 268 g/mol. The number of carbonyl (C=O) groups is 1. The molecule has 0 amide bonds. The van der Waals surface area contributed by atoms with Crippen molar-refractivity contribution in [3.63, 3.8) is 0 Å². The molecule has 0 N–H and O–H groups in total. The van der Waals surface area contributed by atoms with Crippen LogP contribution in [0.5, 0.6) is 0 Å². The number of rotatable bonds is 2. The lowest BCUT2D eigenvalue weighted by molar-refractivity contribution is -0.123. The van der Waals surface area contributed by atoms with Crippen LogP contribution < -0.4 is 0 Å². The van der Waals surface area contributed by atoms with E-state index in [2.05, 4.69) is 4.98 Å². The van der Waals surface area contributed by atoms with Crippen molar-refractivity contribution in [3.05, 3.63) is 24.5 Å². The van der Waals surface area contributed by atoms with Gasteiger partial charge in [0, 0.05) is 37.3 Å². The van der Waals surface area contributed by atoms with Gasteiger partial charge in [0.05, 0.1) is 0 Å². The van der Waals surface area contributed by atoms with Gasteiger partial charge in [-0.3, -0.25) is 9.78 Å². The quantitative estimate of drug-likeness (QED) is 0.808. The fraction of sp³-hybridized carbons (Fsp3) is 0.500. The molecule has 0 aliphatic carbocycles. The highest BCUT2D eigenvalue weighted by Crippen LogP contribution is 2.31. The molecule has 0 aromatic carbocycles. The second-order valence-corrected chi connectivity index (χ2v) is 6.91. The summed E-state index contributed by atoms with van der Waals surface area (Å²) in [6, 6.07) is 3.11. The first-order valence-electron chi connectivity index (χ1n) is 5.79. The topological polar surface area (TPSA) is 67.3 Å². The zero-order chi connectivity index (χ0) is 13.4. The van der Waals surface area contributed by atoms with Gasteiger partial charge < -0.3 is 0 Å². The van der Waals surface area contributed by atoms with E-state index in [1.165, 1.54) is 22.8 Å². The van der Waals surface area contributed by atoms with Gasteiger partial charge >= 0.3 is 0 Å². The third kappa shape index (κ3) is 2.30. The maximum absolute atomic E-state index is 12.5. The van der Waals surface area contributed by atoms with Gasteiger partial charge in [-0.2, -0.15) is 4.31 Å². The summed E-state index contributed by atoms with van der Waals surface area (Å²) >= 11 is 0. The summed E-state index contributed by atoms with van der Waals surface area (Å²) in [5.41, 5.74) is -0.677. The van der Waals surface area contributed by atoms with Gasteiger partial charge in [0.15, 0.2) is 0 Å². The number of nitrogens with zero attached hydrogens (tertiary/aromatic N) is 2. The van der Waals surface area contributed by atoms with Crippen molar-refractivity contribution in [1.29, 1.82) is 0 Å². The summed E-state index contributed by atoms with van der Waals surface area (Å²) in [6.07, 6.45) is 3.40. The van der Waals surface area contributed by atoms with Gasteiger partial charge in [0.25, 0.3) is 0 Å². The average Bonchev–Trinajstić information content (AvgIpc) is 2.28. The van der Waals surface area contributed by atoms with Crippen LogP contribution in [0.4, 0.5) is 0 Å². The SMILES string of the molecule is CC1(C)CC(=O)CCN1S(=O)(=O)c1cccnc1. The first-order valence-corrected chi connectivity index (χ1v) is 7.23. The van der Waals surface area contributed by atoms with E-state index in [1.807, 2.05) is 0 Å². The first kappa shape index (κ1) is 13.2. The van der Waals surface area contributed by atoms with E-state index < -0.39 is 15.6 Å². The predicted molar refractivity (Wildman–Crippen MR) is 66.4 cm³/mol. The number of hydrogen-bond acceptors (Lipinski definition) is 4. The Balaban J connectivity index is 2.39. The second kappa shape index (κ2) is 4.44. The van der Waals surface area contributed by atoms with E-state index in [9.17, 15) is 13.2 Å². The predicted octanol–water partition coefficient (Wildman–Crippen LogP) is 1.21. The molecule has 0 atom stereocenters. The van der Waals surface area contributed by atoms with Gasteiger partial charge in [-0.05, 0) is 26.0 Å². The Morgan fingerprint density at radius 2 is 2.11 bits per heavy atom. The van der Waals surface area contributed by atoms with E-state index in [1.54, 1.807) is 19.9 Å². The van der Waals surface area contributed by atoms with E-state index in [0.29, 0.717) is 0 Å². The monoisotopic (exact) mass is 268 g/mol. The van der Waals surface area contributed by atoms with Crippen LogP contribution >= 0.6 is 0 Å². The van der Waals surface area contributed by atoms with Crippen molar-refractivity contribution in [1.82, 2.24) is 9.29 Å². The molecule has 2 heterocycles. The third-order valence-corrected chi connectivity index (χ3v) is 5.22. The minimum atomic E-state index is -3.57. The zero-order valence-electron chi connectivity index (χ0n) is 10.5.